The summed E-state index contributed by atoms with van der Waals surface area (Å²) in [4.78, 5) is 10.4. The van der Waals surface area contributed by atoms with Crippen molar-refractivity contribution in [2.45, 2.75) is 0 Å². The minimum atomic E-state index is 0.661. The summed E-state index contributed by atoms with van der Waals surface area (Å²) in [5.41, 5.74) is 10.9. The van der Waals surface area contributed by atoms with E-state index in [2.05, 4.69) is 121 Å². The van der Waals surface area contributed by atoms with Crippen molar-refractivity contribution in [1.82, 2.24) is 9.97 Å². The third-order valence-electron chi connectivity index (χ3n) is 8.88. The minimum Gasteiger partial charge on any atom is -0.456 e. The van der Waals surface area contributed by atoms with Crippen molar-refractivity contribution >= 4 is 32.7 Å². The van der Waals surface area contributed by atoms with Gasteiger partial charge in [-0.15, -0.1) is 0 Å². The van der Waals surface area contributed by atoms with Crippen LogP contribution in [0.2, 0.25) is 0 Å². The lowest BCUT2D eigenvalue weighted by Gasteiger charge is -2.13. The molecule has 47 heavy (non-hydrogen) atoms. The molecule has 2 heterocycles. The van der Waals surface area contributed by atoms with E-state index in [1.807, 2.05) is 48.5 Å². The molecule has 0 saturated heterocycles. The Labute approximate surface area is 272 Å². The molecule has 0 aliphatic carbocycles. The first kappa shape index (κ1) is 27.0. The number of hydrogen-bond acceptors (Lipinski definition) is 3. The van der Waals surface area contributed by atoms with Crippen molar-refractivity contribution in [3.63, 3.8) is 0 Å². The van der Waals surface area contributed by atoms with Gasteiger partial charge in [0.05, 0.1) is 11.4 Å². The molecule has 0 amide bonds. The maximum absolute atomic E-state index is 6.52. The van der Waals surface area contributed by atoms with Crippen LogP contribution in [0.1, 0.15) is 0 Å². The topological polar surface area (TPSA) is 38.9 Å². The summed E-state index contributed by atoms with van der Waals surface area (Å²) in [6.45, 7) is 0. The van der Waals surface area contributed by atoms with E-state index >= 15 is 0 Å². The first-order valence-corrected chi connectivity index (χ1v) is 15.8. The number of aromatic nitrogens is 2. The van der Waals surface area contributed by atoms with Crippen molar-refractivity contribution in [3.8, 4) is 56.2 Å². The Morgan fingerprint density at radius 1 is 0.362 bits per heavy atom. The van der Waals surface area contributed by atoms with Gasteiger partial charge in [0.15, 0.2) is 5.82 Å². The summed E-state index contributed by atoms with van der Waals surface area (Å²) in [6.07, 6.45) is 0. The summed E-state index contributed by atoms with van der Waals surface area (Å²) in [6, 6.07) is 59.1. The van der Waals surface area contributed by atoms with Gasteiger partial charge in [-0.2, -0.15) is 0 Å². The molecule has 0 N–H and O–H groups in total. The van der Waals surface area contributed by atoms with Crippen molar-refractivity contribution in [2.24, 2.45) is 0 Å². The van der Waals surface area contributed by atoms with Gasteiger partial charge in [-0.1, -0.05) is 140 Å². The number of benzene rings is 7. The molecular weight excluding hydrogens is 572 g/mol. The minimum absolute atomic E-state index is 0.661. The summed E-state index contributed by atoms with van der Waals surface area (Å²) in [7, 11) is 0. The zero-order chi connectivity index (χ0) is 31.2. The lowest BCUT2D eigenvalue weighted by atomic mass is 9.93. The van der Waals surface area contributed by atoms with Crippen LogP contribution in [0, 0.1) is 0 Å². The fourth-order valence-corrected chi connectivity index (χ4v) is 6.62. The van der Waals surface area contributed by atoms with E-state index in [1.165, 1.54) is 21.9 Å². The number of para-hydroxylation sites is 1. The lowest BCUT2D eigenvalue weighted by Crippen LogP contribution is -1.97. The van der Waals surface area contributed by atoms with Gasteiger partial charge < -0.3 is 4.42 Å². The second kappa shape index (κ2) is 11.2. The maximum Gasteiger partial charge on any atom is 0.161 e. The fraction of sp³-hybridized carbons (Fsp3) is 0. The van der Waals surface area contributed by atoms with Crippen LogP contribution in [-0.4, -0.2) is 9.97 Å². The van der Waals surface area contributed by atoms with Gasteiger partial charge in [0.1, 0.15) is 11.2 Å². The highest BCUT2D eigenvalue weighted by molar-refractivity contribution is 6.13. The molecule has 9 aromatic rings. The molecule has 7 aromatic carbocycles. The number of nitrogens with zero attached hydrogens (tertiary/aromatic N) is 2. The molecule has 0 aliphatic heterocycles. The Morgan fingerprint density at radius 3 is 1.72 bits per heavy atom. The smallest absolute Gasteiger partial charge is 0.161 e. The molecule has 0 fully saturated rings. The van der Waals surface area contributed by atoms with Crippen LogP contribution in [0.4, 0.5) is 0 Å². The molecule has 0 aliphatic rings. The third-order valence-corrected chi connectivity index (χ3v) is 8.88. The molecule has 0 radical (unpaired) electrons. The molecule has 220 valence electrons. The van der Waals surface area contributed by atoms with Gasteiger partial charge in [0.25, 0.3) is 0 Å². The molecule has 0 atom stereocenters. The van der Waals surface area contributed by atoms with Crippen LogP contribution >= 0.6 is 0 Å². The quantitative estimate of drug-likeness (QED) is 0.197. The number of rotatable bonds is 5. The highest BCUT2D eigenvalue weighted by atomic mass is 16.3. The zero-order valence-corrected chi connectivity index (χ0v) is 25.5. The van der Waals surface area contributed by atoms with Crippen LogP contribution < -0.4 is 0 Å². The van der Waals surface area contributed by atoms with Crippen LogP contribution in [0.25, 0.3) is 88.9 Å². The van der Waals surface area contributed by atoms with Crippen molar-refractivity contribution < 1.29 is 4.42 Å². The normalized spacial score (nSPS) is 11.4. The Bertz CT molecular complexity index is 2500. The monoisotopic (exact) mass is 600 g/mol. The predicted octanol–water partition coefficient (Wildman–Crippen LogP) is 11.9. The van der Waals surface area contributed by atoms with E-state index in [0.717, 1.165) is 61.1 Å². The Hall–Kier alpha value is -6.32. The van der Waals surface area contributed by atoms with E-state index in [-0.39, 0.29) is 0 Å². The second-order valence-corrected chi connectivity index (χ2v) is 11.8. The SMILES string of the molecule is c1ccc(-c2cc(-c3ccccc3)nc(-c3cc(-c4cccc(-c5cccc6ccccc56)c4)cc4oc5ccccc5c34)n2)cc1. The first-order chi connectivity index (χ1) is 23.3. The van der Waals surface area contributed by atoms with Gasteiger partial charge in [0.2, 0.25) is 0 Å². The van der Waals surface area contributed by atoms with Crippen LogP contribution in [0.15, 0.2) is 174 Å². The lowest BCUT2D eigenvalue weighted by molar-refractivity contribution is 0.669. The molecule has 3 heteroatoms. The number of fused-ring (bicyclic) bond motifs is 4. The van der Waals surface area contributed by atoms with Gasteiger partial charge in [-0.05, 0) is 63.4 Å². The van der Waals surface area contributed by atoms with Crippen molar-refractivity contribution in [3.05, 3.63) is 170 Å². The van der Waals surface area contributed by atoms with E-state index in [1.54, 1.807) is 0 Å². The van der Waals surface area contributed by atoms with Crippen LogP contribution in [-0.2, 0) is 0 Å². The summed E-state index contributed by atoms with van der Waals surface area (Å²) >= 11 is 0. The Morgan fingerprint density at radius 2 is 0.957 bits per heavy atom. The van der Waals surface area contributed by atoms with Crippen molar-refractivity contribution in [2.75, 3.05) is 0 Å². The highest BCUT2D eigenvalue weighted by Crippen LogP contribution is 2.41. The fourth-order valence-electron chi connectivity index (χ4n) is 6.62. The largest absolute Gasteiger partial charge is 0.456 e. The molecule has 0 spiro atoms. The molecule has 0 bridgehead atoms. The average molecular weight is 601 g/mol. The molecular formula is C44H28N2O. The molecule has 2 aromatic heterocycles. The Kier molecular flexibility index (Phi) is 6.46. The summed E-state index contributed by atoms with van der Waals surface area (Å²) in [5, 5.41) is 4.52. The van der Waals surface area contributed by atoms with E-state index < -0.39 is 0 Å². The molecule has 9 rings (SSSR count). The molecule has 3 nitrogen and oxygen atoms in total. The average Bonchev–Trinajstić information content (AvgIpc) is 3.53. The Balaban J connectivity index is 1.29. The first-order valence-electron chi connectivity index (χ1n) is 15.8. The standard InChI is InChI=1S/C44H28N2O/c1-3-14-30(15-4-1)39-28-40(31-16-5-2-6-17-31)46-44(45-39)38-26-34(27-42-43(38)37-22-9-10-24-41(37)47-42)32-19-11-20-33(25-32)36-23-12-18-29-13-7-8-21-35(29)36/h1-28H. The van der Waals surface area contributed by atoms with Crippen LogP contribution in [0.5, 0.6) is 0 Å². The molecule has 0 saturated carbocycles. The van der Waals surface area contributed by atoms with E-state index in [4.69, 9.17) is 14.4 Å². The van der Waals surface area contributed by atoms with Crippen molar-refractivity contribution in [1.29, 1.82) is 0 Å². The highest BCUT2D eigenvalue weighted by Gasteiger charge is 2.19. The third kappa shape index (κ3) is 4.86. The summed E-state index contributed by atoms with van der Waals surface area (Å²) in [5.74, 6) is 0.661. The van der Waals surface area contributed by atoms with E-state index in [0.29, 0.717) is 5.82 Å². The van der Waals surface area contributed by atoms with Crippen LogP contribution in [0.3, 0.4) is 0 Å². The predicted molar refractivity (Wildman–Crippen MR) is 194 cm³/mol. The zero-order valence-electron chi connectivity index (χ0n) is 25.5. The van der Waals surface area contributed by atoms with Gasteiger partial charge in [0, 0.05) is 27.5 Å². The maximum atomic E-state index is 6.52. The number of furan rings is 1. The van der Waals surface area contributed by atoms with Gasteiger partial charge in [-0.25, -0.2) is 9.97 Å². The summed E-state index contributed by atoms with van der Waals surface area (Å²) < 4.78 is 6.52. The molecule has 0 unspecified atom stereocenters. The second-order valence-electron chi connectivity index (χ2n) is 11.8. The van der Waals surface area contributed by atoms with E-state index in [9.17, 15) is 0 Å². The van der Waals surface area contributed by atoms with Gasteiger partial charge >= 0.3 is 0 Å². The number of hydrogen-bond donors (Lipinski definition) is 0. The van der Waals surface area contributed by atoms with Gasteiger partial charge in [-0.3, -0.25) is 0 Å².